The fourth-order valence-electron chi connectivity index (χ4n) is 1.70. The molecule has 0 fully saturated rings. The van der Waals surface area contributed by atoms with Gasteiger partial charge < -0.3 is 20.0 Å². The van der Waals surface area contributed by atoms with E-state index in [2.05, 4.69) is 5.32 Å². The molecule has 0 aromatic heterocycles. The second kappa shape index (κ2) is 6.95. The van der Waals surface area contributed by atoms with Crippen LogP contribution in [0.3, 0.4) is 0 Å². The molecule has 0 heterocycles. The standard InChI is InChI=1S/C16H14ClNO4/c1-10-2-5-12(8-14(10)17)18-15(19)9-22-13-6-3-11(4-7-13)16(20)21/h2-8H,9H2,1H3,(H,18,19)(H,20,21)/p-1. The number of carbonyl (C=O) groups is 2. The highest BCUT2D eigenvalue weighted by Crippen LogP contribution is 2.20. The summed E-state index contributed by atoms with van der Waals surface area (Å²) in [7, 11) is 0. The highest BCUT2D eigenvalue weighted by molar-refractivity contribution is 6.31. The maximum Gasteiger partial charge on any atom is 0.262 e. The fraction of sp³-hybridized carbons (Fsp3) is 0.125. The van der Waals surface area contributed by atoms with Crippen molar-refractivity contribution in [2.24, 2.45) is 0 Å². The Morgan fingerprint density at radius 2 is 1.86 bits per heavy atom. The number of aromatic carboxylic acids is 1. The number of anilines is 1. The van der Waals surface area contributed by atoms with Crippen molar-refractivity contribution in [3.05, 3.63) is 58.6 Å². The predicted molar refractivity (Wildman–Crippen MR) is 81.1 cm³/mol. The normalized spacial score (nSPS) is 10.1. The first-order valence-corrected chi connectivity index (χ1v) is 6.84. The molecule has 0 atom stereocenters. The molecule has 0 unspecified atom stereocenters. The van der Waals surface area contributed by atoms with Crippen molar-refractivity contribution in [3.63, 3.8) is 0 Å². The van der Waals surface area contributed by atoms with Gasteiger partial charge in [0.05, 0.1) is 5.97 Å². The molecule has 5 nitrogen and oxygen atoms in total. The molecule has 2 aromatic carbocycles. The molecule has 1 N–H and O–H groups in total. The van der Waals surface area contributed by atoms with Crippen LogP contribution in [0.1, 0.15) is 15.9 Å². The summed E-state index contributed by atoms with van der Waals surface area (Å²) in [6, 6.07) is 10.8. The first kappa shape index (κ1) is 15.9. The number of carboxylic acid groups (broad SMARTS) is 1. The highest BCUT2D eigenvalue weighted by Gasteiger charge is 2.05. The van der Waals surface area contributed by atoms with Crippen molar-refractivity contribution in [1.29, 1.82) is 0 Å². The number of halogens is 1. The lowest BCUT2D eigenvalue weighted by Gasteiger charge is -2.09. The second-order valence-electron chi connectivity index (χ2n) is 4.61. The Bertz CT molecular complexity index is 698. The summed E-state index contributed by atoms with van der Waals surface area (Å²) < 4.78 is 5.27. The molecule has 1 amide bonds. The number of carbonyl (C=O) groups excluding carboxylic acids is 2. The van der Waals surface area contributed by atoms with E-state index in [0.717, 1.165) is 5.56 Å². The van der Waals surface area contributed by atoms with Crippen molar-refractivity contribution >= 4 is 29.2 Å². The van der Waals surface area contributed by atoms with E-state index in [1.165, 1.54) is 24.3 Å². The molecule has 114 valence electrons. The molecule has 0 radical (unpaired) electrons. The van der Waals surface area contributed by atoms with Gasteiger partial charge in [-0.3, -0.25) is 4.79 Å². The van der Waals surface area contributed by atoms with Crippen LogP contribution in [0.5, 0.6) is 5.75 Å². The van der Waals surface area contributed by atoms with Crippen LogP contribution in [0.4, 0.5) is 5.69 Å². The topological polar surface area (TPSA) is 78.5 Å². The molecule has 2 aromatic rings. The fourth-order valence-corrected chi connectivity index (χ4v) is 1.88. The maximum absolute atomic E-state index is 11.8. The summed E-state index contributed by atoms with van der Waals surface area (Å²) in [6.45, 7) is 1.67. The zero-order chi connectivity index (χ0) is 16.1. The molecular weight excluding hydrogens is 306 g/mol. The maximum atomic E-state index is 11.8. The van der Waals surface area contributed by atoms with Gasteiger partial charge in [0.25, 0.3) is 5.91 Å². The van der Waals surface area contributed by atoms with E-state index in [9.17, 15) is 14.7 Å². The molecule has 0 saturated heterocycles. The van der Waals surface area contributed by atoms with Crippen molar-refractivity contribution in [2.45, 2.75) is 6.92 Å². The molecule has 2 rings (SSSR count). The zero-order valence-corrected chi connectivity index (χ0v) is 12.5. The summed E-state index contributed by atoms with van der Waals surface area (Å²) in [6.07, 6.45) is 0. The number of hydrogen-bond acceptors (Lipinski definition) is 4. The molecule has 0 aliphatic heterocycles. The first-order valence-electron chi connectivity index (χ1n) is 6.46. The Hall–Kier alpha value is -2.53. The molecule has 0 spiro atoms. The summed E-state index contributed by atoms with van der Waals surface area (Å²) in [4.78, 5) is 22.4. The summed E-state index contributed by atoms with van der Waals surface area (Å²) in [5.74, 6) is -1.22. The van der Waals surface area contributed by atoms with Gasteiger partial charge in [-0.2, -0.15) is 0 Å². The smallest absolute Gasteiger partial charge is 0.262 e. The minimum Gasteiger partial charge on any atom is -0.545 e. The number of carboxylic acids is 1. The lowest BCUT2D eigenvalue weighted by Crippen LogP contribution is -2.22. The van der Waals surface area contributed by atoms with Crippen molar-refractivity contribution in [2.75, 3.05) is 11.9 Å². The summed E-state index contributed by atoms with van der Waals surface area (Å²) in [5.41, 5.74) is 1.55. The lowest BCUT2D eigenvalue weighted by molar-refractivity contribution is -0.255. The van der Waals surface area contributed by atoms with Crippen molar-refractivity contribution in [3.8, 4) is 5.75 Å². The van der Waals surface area contributed by atoms with Crippen LogP contribution in [0.2, 0.25) is 5.02 Å². The average Bonchev–Trinajstić information content (AvgIpc) is 2.49. The highest BCUT2D eigenvalue weighted by atomic mass is 35.5. The molecule has 6 heteroatoms. The Morgan fingerprint density at radius 1 is 1.18 bits per heavy atom. The van der Waals surface area contributed by atoms with Crippen LogP contribution in [0.25, 0.3) is 0 Å². The predicted octanol–water partition coefficient (Wildman–Crippen LogP) is 2.03. The minimum absolute atomic E-state index is 0.0473. The Balaban J connectivity index is 1.89. The summed E-state index contributed by atoms with van der Waals surface area (Å²) in [5, 5.41) is 13.8. The van der Waals surface area contributed by atoms with Crippen molar-refractivity contribution < 1.29 is 19.4 Å². The molecule has 0 bridgehead atoms. The van der Waals surface area contributed by atoms with Gasteiger partial charge in [0.1, 0.15) is 5.75 Å². The molecular formula is C16H13ClNO4-. The minimum atomic E-state index is -1.26. The van der Waals surface area contributed by atoms with E-state index < -0.39 is 5.97 Å². The van der Waals surface area contributed by atoms with E-state index in [0.29, 0.717) is 16.5 Å². The third kappa shape index (κ3) is 4.23. The number of rotatable bonds is 5. The third-order valence-corrected chi connectivity index (χ3v) is 3.32. The van der Waals surface area contributed by atoms with Gasteiger partial charge in [-0.15, -0.1) is 0 Å². The third-order valence-electron chi connectivity index (χ3n) is 2.92. The zero-order valence-electron chi connectivity index (χ0n) is 11.8. The number of hydrogen-bond donors (Lipinski definition) is 1. The van der Waals surface area contributed by atoms with E-state index in [1.807, 2.05) is 6.92 Å². The van der Waals surface area contributed by atoms with E-state index in [-0.39, 0.29) is 18.1 Å². The lowest BCUT2D eigenvalue weighted by atomic mass is 10.2. The van der Waals surface area contributed by atoms with Crippen LogP contribution in [0.15, 0.2) is 42.5 Å². The summed E-state index contributed by atoms with van der Waals surface area (Å²) >= 11 is 5.97. The van der Waals surface area contributed by atoms with Gasteiger partial charge in [0.2, 0.25) is 0 Å². The van der Waals surface area contributed by atoms with E-state index >= 15 is 0 Å². The van der Waals surface area contributed by atoms with Gasteiger partial charge in [0.15, 0.2) is 6.61 Å². The van der Waals surface area contributed by atoms with E-state index in [4.69, 9.17) is 16.3 Å². The molecule has 0 aliphatic rings. The van der Waals surface area contributed by atoms with Gasteiger partial charge in [-0.25, -0.2) is 0 Å². The van der Waals surface area contributed by atoms with Gasteiger partial charge in [-0.05, 0) is 54.4 Å². The largest absolute Gasteiger partial charge is 0.545 e. The second-order valence-corrected chi connectivity index (χ2v) is 5.02. The Morgan fingerprint density at radius 3 is 2.45 bits per heavy atom. The van der Waals surface area contributed by atoms with Crippen LogP contribution in [-0.4, -0.2) is 18.5 Å². The molecule has 0 aliphatic carbocycles. The monoisotopic (exact) mass is 318 g/mol. The molecule has 0 saturated carbocycles. The van der Waals surface area contributed by atoms with Gasteiger partial charge in [-0.1, -0.05) is 17.7 Å². The van der Waals surface area contributed by atoms with Crippen LogP contribution in [-0.2, 0) is 4.79 Å². The van der Waals surface area contributed by atoms with Crippen LogP contribution in [0, 0.1) is 6.92 Å². The number of nitrogens with one attached hydrogen (secondary N) is 1. The van der Waals surface area contributed by atoms with Crippen LogP contribution >= 0.6 is 11.6 Å². The number of aryl methyl sites for hydroxylation is 1. The number of amides is 1. The van der Waals surface area contributed by atoms with Crippen LogP contribution < -0.4 is 15.2 Å². The molecule has 22 heavy (non-hydrogen) atoms. The Labute approximate surface area is 132 Å². The van der Waals surface area contributed by atoms with Crippen molar-refractivity contribution in [1.82, 2.24) is 0 Å². The van der Waals surface area contributed by atoms with Gasteiger partial charge in [0, 0.05) is 10.7 Å². The van der Waals surface area contributed by atoms with E-state index in [1.54, 1.807) is 18.2 Å². The first-order chi connectivity index (χ1) is 10.5. The SMILES string of the molecule is Cc1ccc(NC(=O)COc2ccc(C(=O)[O-])cc2)cc1Cl. The Kier molecular flexibility index (Phi) is 5.01. The average molecular weight is 319 g/mol. The van der Waals surface area contributed by atoms with Gasteiger partial charge >= 0.3 is 0 Å². The number of ether oxygens (including phenoxy) is 1. The number of benzene rings is 2. The quantitative estimate of drug-likeness (QED) is 0.915.